The summed E-state index contributed by atoms with van der Waals surface area (Å²) in [4.78, 5) is 29.8. The smallest absolute Gasteiger partial charge is 0.351 e. The van der Waals surface area contributed by atoms with Crippen LogP contribution in [0.15, 0.2) is 6.33 Å². The molecule has 2 heterocycles. The molecule has 5 N–H and O–H groups in total. The zero-order chi connectivity index (χ0) is 16.8. The molecule has 0 saturated heterocycles. The number of nitrogens with two attached hydrogens (primary N) is 1. The van der Waals surface area contributed by atoms with E-state index in [0.29, 0.717) is 18.6 Å². The van der Waals surface area contributed by atoms with Crippen LogP contribution in [0.4, 0.5) is 5.95 Å². The summed E-state index contributed by atoms with van der Waals surface area (Å²) in [6.45, 7) is 2.31. The van der Waals surface area contributed by atoms with Crippen molar-refractivity contribution in [1.82, 2.24) is 19.5 Å². The Kier molecular flexibility index (Phi) is 3.80. The van der Waals surface area contributed by atoms with Crippen LogP contribution >= 0.6 is 7.60 Å². The minimum absolute atomic E-state index is 0.0789. The Bertz CT molecular complexity index is 789. The van der Waals surface area contributed by atoms with Gasteiger partial charge in [0.2, 0.25) is 11.8 Å². The summed E-state index contributed by atoms with van der Waals surface area (Å²) in [5.41, 5.74) is 5.45. The summed E-state index contributed by atoms with van der Waals surface area (Å²) in [6.07, 6.45) is 2.37. The standard InChI is InChI=1S/C12H18N5O5P/c1-2-7-3-12(7,22-6-23(19,20)21)4-17-5-14-8-9(17)15-11(13)16-10(8)18/h5,7H,2-4,6H2,1H3,(H2,19,20,21)(H3,13,15,16,18). The second-order valence-corrected chi connectivity index (χ2v) is 7.35. The molecule has 0 aliphatic heterocycles. The van der Waals surface area contributed by atoms with Crippen LogP contribution < -0.4 is 5.73 Å². The summed E-state index contributed by atoms with van der Waals surface area (Å²) >= 11 is 0. The number of ether oxygens (including phenoxy) is 1. The van der Waals surface area contributed by atoms with E-state index in [1.165, 1.54) is 6.33 Å². The van der Waals surface area contributed by atoms with Crippen LogP contribution in [0.5, 0.6) is 5.88 Å². The van der Waals surface area contributed by atoms with E-state index in [1.54, 1.807) is 4.57 Å². The van der Waals surface area contributed by atoms with E-state index in [2.05, 4.69) is 15.0 Å². The van der Waals surface area contributed by atoms with Crippen LogP contribution in [-0.4, -0.2) is 46.4 Å². The first kappa shape index (κ1) is 16.1. The number of hydrogen-bond acceptors (Lipinski definition) is 7. The van der Waals surface area contributed by atoms with E-state index in [9.17, 15) is 9.67 Å². The SMILES string of the molecule is CCC1CC1(Cn1cnc2c(O)nc(N)nc21)OCP(=O)(O)O. The van der Waals surface area contributed by atoms with Crippen LogP contribution in [0.2, 0.25) is 0 Å². The molecule has 2 aromatic rings. The van der Waals surface area contributed by atoms with Crippen molar-refractivity contribution in [3.63, 3.8) is 0 Å². The van der Waals surface area contributed by atoms with Gasteiger partial charge in [0.25, 0.3) is 0 Å². The van der Waals surface area contributed by atoms with Crippen LogP contribution in [0.1, 0.15) is 19.8 Å². The molecule has 0 spiro atoms. The fourth-order valence-electron chi connectivity index (χ4n) is 2.85. The molecule has 1 fully saturated rings. The minimum atomic E-state index is -4.25. The largest absolute Gasteiger partial charge is 0.492 e. The molecule has 2 unspecified atom stereocenters. The molecule has 0 bridgehead atoms. The second-order valence-electron chi connectivity index (χ2n) is 5.76. The molecule has 2 atom stereocenters. The number of anilines is 1. The topological polar surface area (TPSA) is 157 Å². The average molecular weight is 343 g/mol. The van der Waals surface area contributed by atoms with E-state index in [1.807, 2.05) is 6.92 Å². The van der Waals surface area contributed by atoms with Gasteiger partial charge in [0.15, 0.2) is 11.2 Å². The molecular weight excluding hydrogens is 325 g/mol. The van der Waals surface area contributed by atoms with Crippen molar-refractivity contribution < 1.29 is 24.2 Å². The molecular formula is C12H18N5O5P. The second kappa shape index (κ2) is 5.41. The van der Waals surface area contributed by atoms with E-state index >= 15 is 0 Å². The van der Waals surface area contributed by atoms with Gasteiger partial charge in [-0.3, -0.25) is 4.57 Å². The molecule has 23 heavy (non-hydrogen) atoms. The lowest BCUT2D eigenvalue weighted by atomic mass is 10.2. The number of nitrogens with zero attached hydrogens (tertiary/aromatic N) is 4. The number of hydrogen-bond donors (Lipinski definition) is 4. The van der Waals surface area contributed by atoms with Gasteiger partial charge in [-0.2, -0.15) is 9.97 Å². The Balaban J connectivity index is 1.88. The number of nitrogen functional groups attached to an aromatic ring is 1. The predicted octanol–water partition coefficient (Wildman–Crippen LogP) is 0.435. The van der Waals surface area contributed by atoms with Crippen molar-refractivity contribution in [1.29, 1.82) is 0 Å². The van der Waals surface area contributed by atoms with Crippen LogP contribution in [-0.2, 0) is 15.8 Å². The van der Waals surface area contributed by atoms with Gasteiger partial charge in [-0.25, -0.2) is 4.98 Å². The molecule has 11 heteroatoms. The highest BCUT2D eigenvalue weighted by Crippen LogP contribution is 2.52. The molecule has 0 radical (unpaired) electrons. The maximum Gasteiger partial charge on any atom is 0.351 e. The lowest BCUT2D eigenvalue weighted by Crippen LogP contribution is -2.25. The number of aromatic nitrogens is 4. The minimum Gasteiger partial charge on any atom is -0.492 e. The molecule has 2 aromatic heterocycles. The fraction of sp³-hybridized carbons (Fsp3) is 0.583. The molecule has 10 nitrogen and oxygen atoms in total. The van der Waals surface area contributed by atoms with Crippen LogP contribution in [0.3, 0.4) is 0 Å². The lowest BCUT2D eigenvalue weighted by Gasteiger charge is -2.20. The number of imidazole rings is 1. The average Bonchev–Trinajstić information content (AvgIpc) is 3.01. The number of rotatable bonds is 6. The third kappa shape index (κ3) is 3.16. The zero-order valence-corrected chi connectivity index (χ0v) is 13.3. The summed E-state index contributed by atoms with van der Waals surface area (Å²) < 4.78 is 18.3. The molecule has 3 rings (SSSR count). The summed E-state index contributed by atoms with van der Waals surface area (Å²) in [5.74, 6) is -0.191. The fourth-order valence-corrected chi connectivity index (χ4v) is 3.28. The monoisotopic (exact) mass is 343 g/mol. The Morgan fingerprint density at radius 2 is 2.26 bits per heavy atom. The van der Waals surface area contributed by atoms with Gasteiger partial charge < -0.3 is 29.9 Å². The normalized spacial score (nSPS) is 24.2. The quantitative estimate of drug-likeness (QED) is 0.546. The number of aromatic hydroxyl groups is 1. The first-order chi connectivity index (χ1) is 10.7. The molecule has 0 amide bonds. The van der Waals surface area contributed by atoms with Gasteiger partial charge in [-0.15, -0.1) is 0 Å². The number of fused-ring (bicyclic) bond motifs is 1. The molecule has 1 aliphatic rings. The Labute approximate surface area is 131 Å². The van der Waals surface area contributed by atoms with Gasteiger partial charge in [0.1, 0.15) is 6.35 Å². The lowest BCUT2D eigenvalue weighted by molar-refractivity contribution is 0.0281. The van der Waals surface area contributed by atoms with Crippen molar-refractivity contribution >= 4 is 24.7 Å². The highest BCUT2D eigenvalue weighted by Gasteiger charge is 2.55. The van der Waals surface area contributed by atoms with Crippen molar-refractivity contribution in [2.75, 3.05) is 12.1 Å². The van der Waals surface area contributed by atoms with Gasteiger partial charge in [-0.1, -0.05) is 13.3 Å². The van der Waals surface area contributed by atoms with Crippen LogP contribution in [0.25, 0.3) is 11.2 Å². The Morgan fingerprint density at radius 1 is 1.52 bits per heavy atom. The van der Waals surface area contributed by atoms with Crippen molar-refractivity contribution in [2.24, 2.45) is 5.92 Å². The van der Waals surface area contributed by atoms with Crippen molar-refractivity contribution in [2.45, 2.75) is 31.9 Å². The van der Waals surface area contributed by atoms with E-state index in [-0.39, 0.29) is 23.3 Å². The Hall–Kier alpha value is -1.74. The third-order valence-electron chi connectivity index (χ3n) is 4.09. The molecule has 0 aromatic carbocycles. The third-order valence-corrected chi connectivity index (χ3v) is 4.56. The summed E-state index contributed by atoms with van der Waals surface area (Å²) in [5, 5.41) is 9.75. The van der Waals surface area contributed by atoms with Gasteiger partial charge >= 0.3 is 7.60 Å². The van der Waals surface area contributed by atoms with Gasteiger partial charge in [-0.05, 0) is 12.3 Å². The Morgan fingerprint density at radius 3 is 2.87 bits per heavy atom. The highest BCUT2D eigenvalue weighted by atomic mass is 31.2. The van der Waals surface area contributed by atoms with Gasteiger partial charge in [0, 0.05) is 0 Å². The van der Waals surface area contributed by atoms with Crippen molar-refractivity contribution in [3.8, 4) is 5.88 Å². The predicted molar refractivity (Wildman–Crippen MR) is 80.5 cm³/mol. The van der Waals surface area contributed by atoms with Gasteiger partial charge in [0.05, 0.1) is 18.5 Å². The van der Waals surface area contributed by atoms with Crippen molar-refractivity contribution in [3.05, 3.63) is 6.33 Å². The highest BCUT2D eigenvalue weighted by molar-refractivity contribution is 7.51. The maximum atomic E-state index is 11.1. The molecule has 126 valence electrons. The first-order valence-electron chi connectivity index (χ1n) is 7.10. The van der Waals surface area contributed by atoms with Crippen LogP contribution in [0, 0.1) is 5.92 Å². The van der Waals surface area contributed by atoms with E-state index in [0.717, 1.165) is 6.42 Å². The molecule has 1 saturated carbocycles. The molecule has 1 aliphatic carbocycles. The van der Waals surface area contributed by atoms with E-state index < -0.39 is 19.5 Å². The van der Waals surface area contributed by atoms with E-state index in [4.69, 9.17) is 20.3 Å². The first-order valence-corrected chi connectivity index (χ1v) is 8.90. The summed E-state index contributed by atoms with van der Waals surface area (Å²) in [6, 6.07) is 0. The maximum absolute atomic E-state index is 11.1. The summed E-state index contributed by atoms with van der Waals surface area (Å²) in [7, 11) is -4.25. The zero-order valence-electron chi connectivity index (χ0n) is 12.5.